The van der Waals surface area contributed by atoms with Gasteiger partial charge >= 0.3 is 0 Å². The van der Waals surface area contributed by atoms with Gasteiger partial charge in [-0.15, -0.1) is 0 Å². The molecular formula is C25H23N3O6S. The van der Waals surface area contributed by atoms with Gasteiger partial charge in [-0.25, -0.2) is 13.6 Å². The van der Waals surface area contributed by atoms with E-state index in [4.69, 9.17) is 9.88 Å². The summed E-state index contributed by atoms with van der Waals surface area (Å²) in [5.41, 5.74) is 2.45. The number of carbonyl (C=O) groups is 2. The van der Waals surface area contributed by atoms with Crippen molar-refractivity contribution in [2.24, 2.45) is 5.14 Å². The Bertz CT molecular complexity index is 1470. The normalized spacial score (nSPS) is 17.6. The Hall–Kier alpha value is -4.02. The molecule has 0 radical (unpaired) electrons. The number of aromatic nitrogens is 1. The van der Waals surface area contributed by atoms with Crippen molar-refractivity contribution in [3.63, 3.8) is 0 Å². The SMILES string of the molecule is COc1c(C)cc(C)cc1/C(O)=C1\C(=O)C(=O)N(c2ccc(S(N)(=O)=O)cc2)C1c1cccnc1. The van der Waals surface area contributed by atoms with Crippen LogP contribution in [-0.2, 0) is 19.6 Å². The summed E-state index contributed by atoms with van der Waals surface area (Å²) in [6, 6.07) is 11.1. The largest absolute Gasteiger partial charge is 0.507 e. The maximum atomic E-state index is 13.3. The number of aliphatic hydroxyl groups excluding tert-OH is 1. The summed E-state index contributed by atoms with van der Waals surface area (Å²) in [6.45, 7) is 3.65. The van der Waals surface area contributed by atoms with Crippen LogP contribution < -0.4 is 14.8 Å². The number of nitrogens with two attached hydrogens (primary N) is 1. The van der Waals surface area contributed by atoms with Crippen LogP contribution in [0.5, 0.6) is 5.75 Å². The molecule has 35 heavy (non-hydrogen) atoms. The number of nitrogens with zero attached hydrogens (tertiary/aromatic N) is 2. The highest BCUT2D eigenvalue weighted by molar-refractivity contribution is 7.89. The first-order chi connectivity index (χ1) is 16.5. The van der Waals surface area contributed by atoms with Gasteiger partial charge in [-0.1, -0.05) is 12.1 Å². The van der Waals surface area contributed by atoms with Crippen LogP contribution in [0.4, 0.5) is 5.69 Å². The van der Waals surface area contributed by atoms with E-state index in [1.165, 1.54) is 42.5 Å². The van der Waals surface area contributed by atoms with Gasteiger partial charge in [0.2, 0.25) is 10.0 Å². The molecule has 0 saturated carbocycles. The number of amides is 1. The van der Waals surface area contributed by atoms with Crippen molar-refractivity contribution in [1.82, 2.24) is 4.98 Å². The summed E-state index contributed by atoms with van der Waals surface area (Å²) in [5.74, 6) is -1.79. The fourth-order valence-corrected chi connectivity index (χ4v) is 4.81. The van der Waals surface area contributed by atoms with Gasteiger partial charge in [-0.2, -0.15) is 0 Å². The zero-order valence-electron chi connectivity index (χ0n) is 19.2. The summed E-state index contributed by atoms with van der Waals surface area (Å²) in [6.07, 6.45) is 3.04. The van der Waals surface area contributed by atoms with Crippen LogP contribution >= 0.6 is 0 Å². The standard InChI is InChI=1S/C25H23N3O6S/c1-14-11-15(2)24(34-3)19(12-14)22(29)20-21(16-5-4-10-27-13-16)28(25(31)23(20)30)17-6-8-18(9-7-17)35(26,32)33/h4-13,21,29H,1-3H3,(H2,26,32,33)/b22-20+. The molecule has 1 aliphatic rings. The van der Waals surface area contributed by atoms with Crippen molar-refractivity contribution in [3.05, 3.63) is 88.8 Å². The van der Waals surface area contributed by atoms with Gasteiger partial charge in [0.1, 0.15) is 11.5 Å². The Kier molecular flexibility index (Phi) is 6.18. The summed E-state index contributed by atoms with van der Waals surface area (Å²) < 4.78 is 28.8. The van der Waals surface area contributed by atoms with Gasteiger partial charge in [0.05, 0.1) is 29.2 Å². The van der Waals surface area contributed by atoms with Crippen molar-refractivity contribution in [1.29, 1.82) is 0 Å². The van der Waals surface area contributed by atoms with Gasteiger partial charge in [-0.05, 0) is 66.9 Å². The summed E-state index contributed by atoms with van der Waals surface area (Å²) in [5, 5.41) is 16.6. The second kappa shape index (κ2) is 8.97. The van der Waals surface area contributed by atoms with E-state index in [0.717, 1.165) is 11.1 Å². The Balaban J connectivity index is 1.97. The number of methoxy groups -OCH3 is 1. The molecule has 1 amide bonds. The van der Waals surface area contributed by atoms with Crippen molar-refractivity contribution < 1.29 is 27.9 Å². The van der Waals surface area contributed by atoms with Gasteiger partial charge in [0.25, 0.3) is 11.7 Å². The quantitative estimate of drug-likeness (QED) is 0.316. The van der Waals surface area contributed by atoms with Crippen molar-refractivity contribution in [2.75, 3.05) is 12.0 Å². The molecule has 1 atom stereocenters. The number of primary sulfonamides is 1. The number of ketones is 1. The maximum absolute atomic E-state index is 13.3. The van der Waals surface area contributed by atoms with Gasteiger partial charge in [-0.3, -0.25) is 19.5 Å². The third-order valence-electron chi connectivity index (χ3n) is 5.77. The molecule has 3 N–H and O–H groups in total. The predicted octanol–water partition coefficient (Wildman–Crippen LogP) is 2.98. The molecule has 2 aromatic carbocycles. The minimum Gasteiger partial charge on any atom is -0.507 e. The van der Waals surface area contributed by atoms with Crippen LogP contribution in [0.25, 0.3) is 5.76 Å². The second-order valence-corrected chi connectivity index (χ2v) is 9.72. The highest BCUT2D eigenvalue weighted by atomic mass is 32.2. The van der Waals surface area contributed by atoms with Gasteiger partial charge in [0.15, 0.2) is 0 Å². The van der Waals surface area contributed by atoms with Crippen molar-refractivity contribution in [2.45, 2.75) is 24.8 Å². The number of sulfonamides is 1. The van der Waals surface area contributed by atoms with E-state index < -0.39 is 27.8 Å². The minimum absolute atomic E-state index is 0.137. The zero-order chi connectivity index (χ0) is 25.5. The number of hydrogen-bond acceptors (Lipinski definition) is 7. The zero-order valence-corrected chi connectivity index (χ0v) is 20.0. The molecule has 9 nitrogen and oxygen atoms in total. The third kappa shape index (κ3) is 4.29. The molecule has 2 heterocycles. The molecule has 1 saturated heterocycles. The Morgan fingerprint density at radius 1 is 1.11 bits per heavy atom. The van der Waals surface area contributed by atoms with Crippen LogP contribution in [0.3, 0.4) is 0 Å². The van der Waals surface area contributed by atoms with E-state index in [1.807, 2.05) is 19.9 Å². The van der Waals surface area contributed by atoms with Crippen LogP contribution in [0, 0.1) is 13.8 Å². The van der Waals surface area contributed by atoms with Crippen LogP contribution in [-0.4, -0.2) is 37.3 Å². The number of benzene rings is 2. The van der Waals surface area contributed by atoms with E-state index in [9.17, 15) is 23.1 Å². The first-order valence-corrected chi connectivity index (χ1v) is 12.1. The van der Waals surface area contributed by atoms with Gasteiger partial charge in [0, 0.05) is 18.1 Å². The number of pyridine rings is 1. The van der Waals surface area contributed by atoms with Crippen LogP contribution in [0.2, 0.25) is 0 Å². The Labute approximate surface area is 202 Å². The molecule has 3 aromatic rings. The van der Waals surface area contributed by atoms with Crippen molar-refractivity contribution >= 4 is 33.2 Å². The third-order valence-corrected chi connectivity index (χ3v) is 6.70. The lowest BCUT2D eigenvalue weighted by Gasteiger charge is -2.25. The Morgan fingerprint density at radius 3 is 2.37 bits per heavy atom. The smallest absolute Gasteiger partial charge is 0.300 e. The van der Waals surface area contributed by atoms with Crippen LogP contribution in [0.1, 0.15) is 28.3 Å². The molecule has 0 aliphatic carbocycles. The van der Waals surface area contributed by atoms with E-state index in [1.54, 1.807) is 24.4 Å². The Morgan fingerprint density at radius 2 is 1.80 bits per heavy atom. The fraction of sp³-hybridized carbons (Fsp3) is 0.160. The number of carbonyl (C=O) groups excluding carboxylic acids is 2. The van der Waals surface area contributed by atoms with E-state index in [0.29, 0.717) is 11.3 Å². The molecule has 1 aliphatic heterocycles. The monoisotopic (exact) mass is 493 g/mol. The van der Waals surface area contributed by atoms with Crippen LogP contribution in [0.15, 0.2) is 71.4 Å². The average molecular weight is 494 g/mol. The topological polar surface area (TPSA) is 140 Å². The van der Waals surface area contributed by atoms with Crippen molar-refractivity contribution in [3.8, 4) is 5.75 Å². The highest BCUT2D eigenvalue weighted by Gasteiger charge is 2.47. The molecule has 0 bridgehead atoms. The second-order valence-electron chi connectivity index (χ2n) is 8.16. The molecular weight excluding hydrogens is 470 g/mol. The molecule has 4 rings (SSSR count). The fourth-order valence-electron chi connectivity index (χ4n) is 4.29. The number of anilines is 1. The predicted molar refractivity (Wildman–Crippen MR) is 129 cm³/mol. The minimum atomic E-state index is -3.95. The number of hydrogen-bond donors (Lipinski definition) is 2. The number of rotatable bonds is 5. The number of Topliss-reactive ketones (excluding diaryl/α,β-unsaturated/α-hetero) is 1. The summed E-state index contributed by atoms with van der Waals surface area (Å²) in [7, 11) is -2.50. The lowest BCUT2D eigenvalue weighted by molar-refractivity contribution is -0.132. The van der Waals surface area contributed by atoms with E-state index in [2.05, 4.69) is 4.98 Å². The first kappa shape index (κ1) is 24.1. The average Bonchev–Trinajstić information content (AvgIpc) is 3.08. The lowest BCUT2D eigenvalue weighted by atomic mass is 9.94. The summed E-state index contributed by atoms with van der Waals surface area (Å²) >= 11 is 0. The molecule has 1 fully saturated rings. The maximum Gasteiger partial charge on any atom is 0.300 e. The molecule has 10 heteroatoms. The first-order valence-electron chi connectivity index (χ1n) is 10.5. The van der Waals surface area contributed by atoms with E-state index >= 15 is 0 Å². The van der Waals surface area contributed by atoms with Gasteiger partial charge < -0.3 is 9.84 Å². The number of ether oxygens (including phenoxy) is 1. The number of aliphatic hydroxyl groups is 1. The molecule has 180 valence electrons. The molecule has 0 spiro atoms. The number of aryl methyl sites for hydroxylation is 2. The summed E-state index contributed by atoms with van der Waals surface area (Å²) in [4.78, 5) is 31.7. The van der Waals surface area contributed by atoms with E-state index in [-0.39, 0.29) is 27.5 Å². The molecule has 1 unspecified atom stereocenters. The highest BCUT2D eigenvalue weighted by Crippen LogP contribution is 2.43. The lowest BCUT2D eigenvalue weighted by Crippen LogP contribution is -2.29. The molecule has 1 aromatic heterocycles.